The third-order valence-corrected chi connectivity index (χ3v) is 2.33. The highest BCUT2D eigenvalue weighted by molar-refractivity contribution is 7.17. The molecule has 0 amide bonds. The first-order valence-electron chi connectivity index (χ1n) is 3.64. The minimum Gasteiger partial charge on any atom is -0.360 e. The van der Waals surface area contributed by atoms with E-state index in [4.69, 9.17) is 5.73 Å². The summed E-state index contributed by atoms with van der Waals surface area (Å²) in [6, 6.07) is 0. The lowest BCUT2D eigenvalue weighted by molar-refractivity contribution is 0.102. The zero-order valence-electron chi connectivity index (χ0n) is 6.83. The van der Waals surface area contributed by atoms with Gasteiger partial charge in [-0.2, -0.15) is 0 Å². The van der Waals surface area contributed by atoms with Gasteiger partial charge in [0, 0.05) is 20.0 Å². The smallest absolute Gasteiger partial charge is 0.183 e. The molecule has 0 saturated heterocycles. The first-order valence-corrected chi connectivity index (χ1v) is 4.46. The second kappa shape index (κ2) is 4.18. The second-order valence-corrected chi connectivity index (χ2v) is 3.33. The van der Waals surface area contributed by atoms with Crippen LogP contribution in [0.3, 0.4) is 0 Å². The predicted molar refractivity (Wildman–Crippen MR) is 49.7 cm³/mol. The van der Waals surface area contributed by atoms with Gasteiger partial charge in [-0.1, -0.05) is 11.3 Å². The summed E-state index contributed by atoms with van der Waals surface area (Å²) < 4.78 is 0. The number of rotatable bonds is 4. The highest BCUT2D eigenvalue weighted by atomic mass is 32.1. The molecule has 0 unspecified atom stereocenters. The van der Waals surface area contributed by atoms with Crippen molar-refractivity contribution in [2.24, 2.45) is 5.73 Å². The van der Waals surface area contributed by atoms with Gasteiger partial charge in [0.15, 0.2) is 10.9 Å². The maximum absolute atomic E-state index is 10.9. The number of carbonyl (C=O) groups excluding carboxylic acids is 1. The molecule has 12 heavy (non-hydrogen) atoms. The lowest BCUT2D eigenvalue weighted by atomic mass is 10.4. The van der Waals surface area contributed by atoms with Crippen LogP contribution in [0, 0.1) is 0 Å². The Labute approximate surface area is 74.8 Å². The lowest BCUT2D eigenvalue weighted by Gasteiger charge is -1.96. The number of hydrogen-bond acceptors (Lipinski definition) is 5. The van der Waals surface area contributed by atoms with Crippen LogP contribution < -0.4 is 11.1 Å². The molecule has 4 nitrogen and oxygen atoms in total. The molecule has 0 fully saturated rings. The molecule has 0 aliphatic heterocycles. The van der Waals surface area contributed by atoms with Gasteiger partial charge in [-0.3, -0.25) is 4.79 Å². The monoisotopic (exact) mass is 185 g/mol. The molecule has 3 N–H and O–H groups in total. The standard InChI is InChI=1S/C7H11N3OS/c1-5(11)6-4-10-7(12-6)9-3-2-8/h4H,2-3,8H2,1H3,(H,9,10). The molecule has 0 aliphatic carbocycles. The Morgan fingerprint density at radius 2 is 2.58 bits per heavy atom. The number of carbonyl (C=O) groups is 1. The minimum atomic E-state index is 0.0494. The number of thiazole rings is 1. The van der Waals surface area contributed by atoms with E-state index in [9.17, 15) is 4.79 Å². The van der Waals surface area contributed by atoms with Crippen molar-refractivity contribution >= 4 is 22.3 Å². The van der Waals surface area contributed by atoms with Crippen molar-refractivity contribution in [2.75, 3.05) is 18.4 Å². The number of nitrogens with two attached hydrogens (primary N) is 1. The minimum absolute atomic E-state index is 0.0494. The molecule has 5 heteroatoms. The zero-order valence-corrected chi connectivity index (χ0v) is 7.65. The van der Waals surface area contributed by atoms with Crippen LogP contribution in [0.5, 0.6) is 0 Å². The van der Waals surface area contributed by atoms with Crippen molar-refractivity contribution in [1.29, 1.82) is 0 Å². The Morgan fingerprint density at radius 1 is 1.83 bits per heavy atom. The van der Waals surface area contributed by atoms with Crippen LogP contribution in [-0.2, 0) is 0 Å². The van der Waals surface area contributed by atoms with Gasteiger partial charge < -0.3 is 11.1 Å². The highest BCUT2D eigenvalue weighted by Crippen LogP contribution is 2.17. The molecule has 1 aromatic rings. The number of ketones is 1. The van der Waals surface area contributed by atoms with Crippen molar-refractivity contribution < 1.29 is 4.79 Å². The number of hydrogen-bond donors (Lipinski definition) is 2. The molecule has 0 bridgehead atoms. The number of Topliss-reactive ketones (excluding diaryl/α,β-unsaturated/α-hetero) is 1. The van der Waals surface area contributed by atoms with Crippen LogP contribution in [0.25, 0.3) is 0 Å². The van der Waals surface area contributed by atoms with Crippen molar-refractivity contribution in [3.05, 3.63) is 11.1 Å². The van der Waals surface area contributed by atoms with Gasteiger partial charge in [-0.15, -0.1) is 0 Å². The molecule has 0 spiro atoms. The number of anilines is 1. The normalized spacial score (nSPS) is 9.83. The molecular weight excluding hydrogens is 174 g/mol. The Kier molecular flexibility index (Phi) is 3.19. The van der Waals surface area contributed by atoms with E-state index in [2.05, 4.69) is 10.3 Å². The van der Waals surface area contributed by atoms with E-state index >= 15 is 0 Å². The average Bonchev–Trinajstić information content (AvgIpc) is 2.48. The van der Waals surface area contributed by atoms with E-state index in [1.807, 2.05) is 0 Å². The molecule has 0 radical (unpaired) electrons. The topological polar surface area (TPSA) is 68.0 Å². The Balaban J connectivity index is 2.58. The van der Waals surface area contributed by atoms with Crippen LogP contribution in [0.1, 0.15) is 16.6 Å². The number of aromatic nitrogens is 1. The van der Waals surface area contributed by atoms with E-state index in [1.165, 1.54) is 18.3 Å². The predicted octanol–water partition coefficient (Wildman–Crippen LogP) is 0.716. The van der Waals surface area contributed by atoms with E-state index in [0.717, 1.165) is 5.13 Å². The summed E-state index contributed by atoms with van der Waals surface area (Å²) in [6.45, 7) is 2.78. The van der Waals surface area contributed by atoms with Crippen LogP contribution in [0.15, 0.2) is 6.20 Å². The summed E-state index contributed by atoms with van der Waals surface area (Å²) in [6.07, 6.45) is 1.58. The van der Waals surface area contributed by atoms with Gasteiger partial charge in [-0.25, -0.2) is 4.98 Å². The van der Waals surface area contributed by atoms with Crippen molar-refractivity contribution in [1.82, 2.24) is 4.98 Å². The molecule has 1 aromatic heterocycles. The van der Waals surface area contributed by atoms with E-state index in [1.54, 1.807) is 6.20 Å². The third-order valence-electron chi connectivity index (χ3n) is 1.27. The molecule has 1 rings (SSSR count). The van der Waals surface area contributed by atoms with Crippen molar-refractivity contribution in [2.45, 2.75) is 6.92 Å². The highest BCUT2D eigenvalue weighted by Gasteiger charge is 2.04. The zero-order chi connectivity index (χ0) is 8.97. The molecule has 66 valence electrons. The number of nitrogens with zero attached hydrogens (tertiary/aromatic N) is 1. The second-order valence-electron chi connectivity index (χ2n) is 2.30. The van der Waals surface area contributed by atoms with E-state index in [0.29, 0.717) is 18.0 Å². The summed E-state index contributed by atoms with van der Waals surface area (Å²) in [5.74, 6) is 0.0494. The van der Waals surface area contributed by atoms with Gasteiger partial charge in [0.25, 0.3) is 0 Å². The summed E-state index contributed by atoms with van der Waals surface area (Å²) in [5.41, 5.74) is 5.29. The summed E-state index contributed by atoms with van der Waals surface area (Å²) in [7, 11) is 0. The van der Waals surface area contributed by atoms with Crippen molar-refractivity contribution in [3.8, 4) is 0 Å². The first kappa shape index (κ1) is 9.15. The quantitative estimate of drug-likeness (QED) is 0.678. The van der Waals surface area contributed by atoms with Gasteiger partial charge in [0.05, 0.1) is 11.1 Å². The van der Waals surface area contributed by atoms with Crippen molar-refractivity contribution in [3.63, 3.8) is 0 Å². The maximum Gasteiger partial charge on any atom is 0.183 e. The number of nitrogens with one attached hydrogen (secondary N) is 1. The van der Waals surface area contributed by atoms with Crippen LogP contribution in [0.2, 0.25) is 0 Å². The third kappa shape index (κ3) is 2.28. The molecule has 0 aliphatic rings. The van der Waals surface area contributed by atoms with Crippen LogP contribution in [-0.4, -0.2) is 23.9 Å². The Bertz CT molecular complexity index is 271. The molecule has 1 heterocycles. The van der Waals surface area contributed by atoms with Crippen LogP contribution in [0.4, 0.5) is 5.13 Å². The fraction of sp³-hybridized carbons (Fsp3) is 0.429. The summed E-state index contributed by atoms with van der Waals surface area (Å²) >= 11 is 1.35. The molecular formula is C7H11N3OS. The van der Waals surface area contributed by atoms with E-state index < -0.39 is 0 Å². The van der Waals surface area contributed by atoms with Gasteiger partial charge in [0.2, 0.25) is 0 Å². The summed E-state index contributed by atoms with van der Waals surface area (Å²) in [4.78, 5) is 15.5. The average molecular weight is 185 g/mol. The molecule has 0 aromatic carbocycles. The summed E-state index contributed by atoms with van der Waals surface area (Å²) in [5, 5.41) is 3.76. The van der Waals surface area contributed by atoms with E-state index in [-0.39, 0.29) is 5.78 Å². The van der Waals surface area contributed by atoms with Crippen LogP contribution >= 0.6 is 11.3 Å². The first-order chi connectivity index (χ1) is 5.74. The Hall–Kier alpha value is -0.940. The fourth-order valence-electron chi connectivity index (χ4n) is 0.698. The largest absolute Gasteiger partial charge is 0.360 e. The van der Waals surface area contributed by atoms with Gasteiger partial charge in [-0.05, 0) is 0 Å². The lowest BCUT2D eigenvalue weighted by Crippen LogP contribution is -2.12. The molecule has 0 atom stereocenters. The molecule has 0 saturated carbocycles. The van der Waals surface area contributed by atoms with Gasteiger partial charge in [0.1, 0.15) is 0 Å². The Morgan fingerprint density at radius 3 is 3.08 bits per heavy atom. The van der Waals surface area contributed by atoms with Gasteiger partial charge >= 0.3 is 0 Å². The fourth-order valence-corrected chi connectivity index (χ4v) is 1.43. The SMILES string of the molecule is CC(=O)c1cnc(NCCN)s1. The maximum atomic E-state index is 10.9.